The Balaban J connectivity index is 1.88. The molecule has 140 valence electrons. The second kappa shape index (κ2) is 6.39. The van der Waals surface area contributed by atoms with Gasteiger partial charge in [-0.2, -0.15) is 0 Å². The summed E-state index contributed by atoms with van der Waals surface area (Å²) in [4.78, 5) is 1.89. The number of sulfonamides is 1. The summed E-state index contributed by atoms with van der Waals surface area (Å²) < 4.78 is 34.1. The van der Waals surface area contributed by atoms with Crippen LogP contribution in [0.4, 0.5) is 0 Å². The van der Waals surface area contributed by atoms with Crippen LogP contribution in [0.1, 0.15) is 26.3 Å². The third kappa shape index (κ3) is 3.78. The van der Waals surface area contributed by atoms with Crippen LogP contribution in [0.2, 0.25) is 18.1 Å². The second-order valence-electron chi connectivity index (χ2n) is 8.20. The van der Waals surface area contributed by atoms with E-state index < -0.39 is 18.3 Å². The molecular formula is C19H26N2O3SSi. The van der Waals surface area contributed by atoms with E-state index >= 15 is 0 Å². The summed E-state index contributed by atoms with van der Waals surface area (Å²) in [7, 11) is -5.28. The third-order valence-corrected chi connectivity index (χ3v) is 10.7. The largest absolute Gasteiger partial charge is 0.544 e. The van der Waals surface area contributed by atoms with Crippen LogP contribution in [0.15, 0.2) is 47.0 Å². The summed E-state index contributed by atoms with van der Waals surface area (Å²) in [6, 6.07) is 7.85. The van der Waals surface area contributed by atoms with Gasteiger partial charge in [0.1, 0.15) is 5.75 Å². The van der Waals surface area contributed by atoms with E-state index in [2.05, 4.69) is 38.3 Å². The zero-order valence-electron chi connectivity index (χ0n) is 16.0. The number of hydrogen-bond donors (Lipinski definition) is 0. The molecule has 1 aromatic carbocycles. The number of hydrogen-bond acceptors (Lipinski definition) is 4. The summed E-state index contributed by atoms with van der Waals surface area (Å²) in [6.07, 6.45) is 5.69. The first-order chi connectivity index (χ1) is 12.0. The van der Waals surface area contributed by atoms with Gasteiger partial charge in [0.25, 0.3) is 10.0 Å². The lowest BCUT2D eigenvalue weighted by atomic mass is 10.0. The Hall–Kier alpha value is -1.86. The topological polar surface area (TPSA) is 59.0 Å². The Kier molecular flexibility index (Phi) is 4.65. The molecule has 0 aromatic heterocycles. The van der Waals surface area contributed by atoms with E-state index in [0.29, 0.717) is 12.4 Å². The highest BCUT2D eigenvalue weighted by molar-refractivity contribution is 7.90. The Morgan fingerprint density at radius 2 is 1.81 bits per heavy atom. The molecular weight excluding hydrogens is 364 g/mol. The van der Waals surface area contributed by atoms with Crippen molar-refractivity contribution in [3.63, 3.8) is 0 Å². The first-order valence-electron chi connectivity index (χ1n) is 8.76. The Morgan fingerprint density at radius 3 is 2.42 bits per heavy atom. The molecule has 0 radical (unpaired) electrons. The minimum absolute atomic E-state index is 0.0490. The van der Waals surface area contributed by atoms with E-state index in [1.807, 2.05) is 47.5 Å². The number of nitrogens with zero attached hydrogens (tertiary/aromatic N) is 2. The molecule has 7 heteroatoms. The standard InChI is InChI=1S/C19H26N2O3SSi/c1-19(2,3)26(4,5)24-16-10-8-15(9-11-16)17-7-6-12-21-13-14-25(22,23)20-18(17)21/h6-12H,13-14H2,1-5H3. The average molecular weight is 391 g/mol. The molecule has 2 heterocycles. The number of allylic oxidation sites excluding steroid dienone is 2. The molecule has 0 spiro atoms. The summed E-state index contributed by atoms with van der Waals surface area (Å²) in [5.41, 5.74) is 1.74. The first kappa shape index (κ1) is 18.9. The summed E-state index contributed by atoms with van der Waals surface area (Å²) >= 11 is 0. The minimum Gasteiger partial charge on any atom is -0.544 e. The number of rotatable bonds is 3. The van der Waals surface area contributed by atoms with E-state index in [0.717, 1.165) is 16.9 Å². The van der Waals surface area contributed by atoms with Gasteiger partial charge in [0, 0.05) is 18.3 Å². The summed E-state index contributed by atoms with van der Waals surface area (Å²) in [5.74, 6) is 1.40. The van der Waals surface area contributed by atoms with Crippen molar-refractivity contribution in [1.29, 1.82) is 0 Å². The molecule has 0 amide bonds. The monoisotopic (exact) mass is 390 g/mol. The van der Waals surface area contributed by atoms with Gasteiger partial charge in [0.05, 0.1) is 5.75 Å². The molecule has 3 rings (SSSR count). The zero-order valence-corrected chi connectivity index (χ0v) is 17.8. The summed E-state index contributed by atoms with van der Waals surface area (Å²) in [5, 5.41) is 0.133. The molecule has 26 heavy (non-hydrogen) atoms. The molecule has 1 aromatic rings. The Bertz CT molecular complexity index is 892. The van der Waals surface area contributed by atoms with Crippen molar-refractivity contribution in [2.45, 2.75) is 38.9 Å². The van der Waals surface area contributed by atoms with Crippen LogP contribution in [0.25, 0.3) is 5.57 Å². The predicted octanol–water partition coefficient (Wildman–Crippen LogP) is 4.03. The van der Waals surface area contributed by atoms with Gasteiger partial charge in [-0.3, -0.25) is 0 Å². The van der Waals surface area contributed by atoms with Gasteiger partial charge in [0.2, 0.25) is 8.32 Å². The lowest BCUT2D eigenvalue weighted by Gasteiger charge is -2.36. The van der Waals surface area contributed by atoms with Gasteiger partial charge in [-0.25, -0.2) is 8.42 Å². The molecule has 0 bridgehead atoms. The zero-order chi connectivity index (χ0) is 19.2. The fourth-order valence-corrected chi connectivity index (χ4v) is 4.61. The fraction of sp³-hybridized carbons (Fsp3) is 0.421. The second-order valence-corrected chi connectivity index (χ2v) is 14.7. The maximum atomic E-state index is 11.9. The van der Waals surface area contributed by atoms with E-state index in [1.165, 1.54) is 0 Å². The molecule has 0 atom stereocenters. The van der Waals surface area contributed by atoms with Gasteiger partial charge in [-0.05, 0) is 48.0 Å². The molecule has 5 nitrogen and oxygen atoms in total. The molecule has 0 saturated heterocycles. The molecule has 2 aliphatic rings. The van der Waals surface area contributed by atoms with Crippen LogP contribution in [0.3, 0.4) is 0 Å². The van der Waals surface area contributed by atoms with E-state index in [-0.39, 0.29) is 10.8 Å². The highest BCUT2D eigenvalue weighted by Gasteiger charge is 2.39. The van der Waals surface area contributed by atoms with Gasteiger partial charge in [0.15, 0.2) is 5.84 Å². The van der Waals surface area contributed by atoms with Crippen molar-refractivity contribution in [3.05, 3.63) is 48.2 Å². The van der Waals surface area contributed by atoms with Gasteiger partial charge in [-0.1, -0.05) is 32.9 Å². The number of amidine groups is 1. The van der Waals surface area contributed by atoms with Crippen LogP contribution in [-0.4, -0.2) is 39.8 Å². The van der Waals surface area contributed by atoms with Crippen LogP contribution >= 0.6 is 0 Å². The van der Waals surface area contributed by atoms with Crippen LogP contribution in [0, 0.1) is 0 Å². The third-order valence-electron chi connectivity index (χ3n) is 5.20. The minimum atomic E-state index is -3.39. The van der Waals surface area contributed by atoms with E-state index in [9.17, 15) is 8.42 Å². The van der Waals surface area contributed by atoms with Crippen molar-refractivity contribution in [1.82, 2.24) is 4.90 Å². The normalized spacial score (nSPS) is 19.5. The van der Waals surface area contributed by atoms with Crippen molar-refractivity contribution < 1.29 is 12.8 Å². The Labute approximate surface area is 157 Å². The summed E-state index contributed by atoms with van der Waals surface area (Å²) in [6.45, 7) is 11.5. The van der Waals surface area contributed by atoms with E-state index in [1.54, 1.807) is 0 Å². The molecule has 2 aliphatic heterocycles. The highest BCUT2D eigenvalue weighted by Crippen LogP contribution is 2.37. The molecule has 0 saturated carbocycles. The molecule has 0 N–H and O–H groups in total. The fourth-order valence-electron chi connectivity index (χ4n) is 2.59. The lowest BCUT2D eigenvalue weighted by Crippen LogP contribution is -2.43. The smallest absolute Gasteiger partial charge is 0.256 e. The van der Waals surface area contributed by atoms with Crippen molar-refractivity contribution in [3.8, 4) is 5.75 Å². The van der Waals surface area contributed by atoms with Crippen LogP contribution in [-0.2, 0) is 10.0 Å². The average Bonchev–Trinajstić information content (AvgIpc) is 2.53. The van der Waals surface area contributed by atoms with Crippen molar-refractivity contribution in [2.24, 2.45) is 4.40 Å². The molecule has 0 aliphatic carbocycles. The maximum Gasteiger partial charge on any atom is 0.256 e. The predicted molar refractivity (Wildman–Crippen MR) is 109 cm³/mol. The van der Waals surface area contributed by atoms with Gasteiger partial charge < -0.3 is 9.33 Å². The van der Waals surface area contributed by atoms with Crippen molar-refractivity contribution >= 4 is 29.7 Å². The highest BCUT2D eigenvalue weighted by atomic mass is 32.2. The number of fused-ring (bicyclic) bond motifs is 1. The Morgan fingerprint density at radius 1 is 1.15 bits per heavy atom. The first-order valence-corrected chi connectivity index (χ1v) is 13.3. The van der Waals surface area contributed by atoms with Crippen molar-refractivity contribution in [2.75, 3.05) is 12.3 Å². The van der Waals surface area contributed by atoms with Gasteiger partial charge >= 0.3 is 0 Å². The lowest BCUT2D eigenvalue weighted by molar-refractivity contribution is 0.492. The molecule has 0 unspecified atom stereocenters. The quantitative estimate of drug-likeness (QED) is 0.731. The van der Waals surface area contributed by atoms with Gasteiger partial charge in [-0.15, -0.1) is 4.40 Å². The van der Waals surface area contributed by atoms with Crippen LogP contribution in [0.5, 0.6) is 5.75 Å². The van der Waals surface area contributed by atoms with E-state index in [4.69, 9.17) is 4.43 Å². The number of benzene rings is 1. The van der Waals surface area contributed by atoms with Crippen LogP contribution < -0.4 is 4.43 Å². The maximum absolute atomic E-state index is 11.9. The molecule has 0 fully saturated rings. The SMILES string of the molecule is CC(C)(C)[Si](C)(C)Oc1ccc(C2=CC=CN3CCS(=O)(=O)N=C23)cc1.